The van der Waals surface area contributed by atoms with E-state index in [4.69, 9.17) is 9.47 Å². The summed E-state index contributed by atoms with van der Waals surface area (Å²) in [6.45, 7) is 13.1. The zero-order valence-corrected chi connectivity index (χ0v) is 21.9. The summed E-state index contributed by atoms with van der Waals surface area (Å²) in [5.74, 6) is -2.65. The molecular weight excluding hydrogens is 448 g/mol. The predicted molar refractivity (Wildman–Crippen MR) is 130 cm³/mol. The van der Waals surface area contributed by atoms with E-state index in [1.165, 1.54) is 0 Å². The summed E-state index contributed by atoms with van der Waals surface area (Å²) in [4.78, 5) is 45.0. The minimum absolute atomic E-state index is 0.0139. The maximum atomic E-state index is 14.4. The molecule has 4 aliphatic rings. The standard InChI is InChI=1S/C27H40N2O6/c1-7-26-11-9-16-34-23(33)19(26)18-21(31)28(13-10-15-30)20-22(32)29(14-8-12-27(18,20)35-26)25(5,6)17-24(2,3)4/h8-9,11-12,18-20,30H,7,10,13-17H2,1-6H3/t18-,19+,20?,26-,27-/m0/s1. The van der Waals surface area contributed by atoms with E-state index in [1.54, 1.807) is 11.0 Å². The van der Waals surface area contributed by atoms with Crippen molar-refractivity contribution in [2.75, 3.05) is 26.3 Å². The van der Waals surface area contributed by atoms with Gasteiger partial charge in [-0.15, -0.1) is 0 Å². The molecule has 1 spiro atoms. The lowest BCUT2D eigenvalue weighted by molar-refractivity contribution is -0.161. The van der Waals surface area contributed by atoms with Crippen LogP contribution in [0.2, 0.25) is 0 Å². The van der Waals surface area contributed by atoms with Crippen molar-refractivity contribution in [1.29, 1.82) is 0 Å². The first-order valence-electron chi connectivity index (χ1n) is 12.8. The van der Waals surface area contributed by atoms with Crippen LogP contribution < -0.4 is 0 Å². The Bertz CT molecular complexity index is 950. The van der Waals surface area contributed by atoms with Gasteiger partial charge in [-0.1, -0.05) is 45.9 Å². The monoisotopic (exact) mass is 488 g/mol. The molecular formula is C27H40N2O6. The second-order valence-corrected chi connectivity index (χ2v) is 12.2. The summed E-state index contributed by atoms with van der Waals surface area (Å²) < 4.78 is 12.3. The first-order chi connectivity index (χ1) is 16.3. The molecule has 1 N–H and O–H groups in total. The van der Waals surface area contributed by atoms with Gasteiger partial charge >= 0.3 is 5.97 Å². The quantitative estimate of drug-likeness (QED) is 0.456. The summed E-state index contributed by atoms with van der Waals surface area (Å²) in [5.41, 5.74) is -2.79. The van der Waals surface area contributed by atoms with Crippen molar-refractivity contribution >= 4 is 17.8 Å². The largest absolute Gasteiger partial charge is 0.461 e. The zero-order chi connectivity index (χ0) is 25.8. The van der Waals surface area contributed by atoms with Crippen LogP contribution in [0.3, 0.4) is 0 Å². The molecule has 2 saturated heterocycles. The molecule has 4 aliphatic heterocycles. The van der Waals surface area contributed by atoms with Gasteiger partial charge in [0, 0.05) is 25.2 Å². The van der Waals surface area contributed by atoms with E-state index in [9.17, 15) is 19.5 Å². The molecule has 0 aromatic rings. The number of ether oxygens (including phenoxy) is 2. The highest BCUT2D eigenvalue weighted by Gasteiger charge is 2.75. The molecule has 8 heteroatoms. The number of rotatable bonds is 6. The number of amides is 2. The summed E-state index contributed by atoms with van der Waals surface area (Å²) >= 11 is 0. The SMILES string of the molecule is CC[C@]12C=CCOC(=O)[C@H]1[C@H]1C(=O)N(CCCO)C3C(=O)N(C(C)(C)CC(C)(C)C)CC=C[C@@]31O2. The molecule has 2 fully saturated rings. The Morgan fingerprint density at radius 3 is 2.40 bits per heavy atom. The lowest BCUT2D eigenvalue weighted by atomic mass is 9.73. The molecule has 0 aromatic carbocycles. The first kappa shape index (κ1) is 25.9. The van der Waals surface area contributed by atoms with E-state index in [1.807, 2.05) is 30.1 Å². The highest BCUT2D eigenvalue weighted by atomic mass is 16.6. The van der Waals surface area contributed by atoms with E-state index in [2.05, 4.69) is 34.6 Å². The van der Waals surface area contributed by atoms with Crippen LogP contribution in [0.15, 0.2) is 24.3 Å². The second-order valence-electron chi connectivity index (χ2n) is 12.2. The molecule has 2 amide bonds. The summed E-state index contributed by atoms with van der Waals surface area (Å²) in [7, 11) is 0. The molecule has 0 aliphatic carbocycles. The van der Waals surface area contributed by atoms with Crippen LogP contribution >= 0.6 is 0 Å². The number of aliphatic hydroxyl groups is 1. The third kappa shape index (κ3) is 4.02. The van der Waals surface area contributed by atoms with Crippen LogP contribution in [0, 0.1) is 17.3 Å². The molecule has 194 valence electrons. The van der Waals surface area contributed by atoms with Gasteiger partial charge in [-0.2, -0.15) is 0 Å². The smallest absolute Gasteiger partial charge is 0.313 e. The number of fused-ring (bicyclic) bond motifs is 2. The second kappa shape index (κ2) is 8.73. The van der Waals surface area contributed by atoms with E-state index in [0.717, 1.165) is 6.42 Å². The number of esters is 1. The van der Waals surface area contributed by atoms with Crippen LogP contribution in [0.25, 0.3) is 0 Å². The van der Waals surface area contributed by atoms with Crippen molar-refractivity contribution in [3.8, 4) is 0 Å². The molecule has 35 heavy (non-hydrogen) atoms. The average Bonchev–Trinajstić information content (AvgIpc) is 3.02. The molecule has 4 rings (SSSR count). The van der Waals surface area contributed by atoms with E-state index in [0.29, 0.717) is 19.4 Å². The molecule has 1 unspecified atom stereocenters. The Kier molecular flexibility index (Phi) is 6.46. The fraction of sp³-hybridized carbons (Fsp3) is 0.741. The third-order valence-corrected chi connectivity index (χ3v) is 7.95. The molecule has 4 heterocycles. The van der Waals surface area contributed by atoms with Crippen LogP contribution in [0.4, 0.5) is 0 Å². The van der Waals surface area contributed by atoms with Gasteiger partial charge in [0.15, 0.2) is 0 Å². The Hall–Kier alpha value is -2.19. The van der Waals surface area contributed by atoms with Crippen molar-refractivity contribution < 1.29 is 29.0 Å². The fourth-order valence-corrected chi connectivity index (χ4v) is 7.01. The van der Waals surface area contributed by atoms with Gasteiger partial charge in [-0.05, 0) is 44.6 Å². The Balaban J connectivity index is 1.85. The number of cyclic esters (lactones) is 1. The summed E-state index contributed by atoms with van der Waals surface area (Å²) in [5, 5.41) is 9.52. The van der Waals surface area contributed by atoms with Crippen LogP contribution in [0.5, 0.6) is 0 Å². The minimum Gasteiger partial charge on any atom is -0.461 e. The highest BCUT2D eigenvalue weighted by molar-refractivity contribution is 5.99. The fourth-order valence-electron chi connectivity index (χ4n) is 7.01. The lowest BCUT2D eigenvalue weighted by Gasteiger charge is -2.45. The maximum absolute atomic E-state index is 14.4. The van der Waals surface area contributed by atoms with Gasteiger partial charge in [-0.25, -0.2) is 0 Å². The normalized spacial score (nSPS) is 34.9. The number of nitrogens with zero attached hydrogens (tertiary/aromatic N) is 2. The van der Waals surface area contributed by atoms with Crippen LogP contribution in [-0.2, 0) is 23.9 Å². The van der Waals surface area contributed by atoms with Crippen molar-refractivity contribution in [2.24, 2.45) is 17.3 Å². The summed E-state index contributed by atoms with van der Waals surface area (Å²) in [6.07, 6.45) is 8.97. The number of carbonyl (C=O) groups excluding carboxylic acids is 3. The first-order valence-corrected chi connectivity index (χ1v) is 12.8. The van der Waals surface area contributed by atoms with Gasteiger partial charge in [0.1, 0.15) is 29.8 Å². The maximum Gasteiger partial charge on any atom is 0.313 e. The zero-order valence-electron chi connectivity index (χ0n) is 21.9. The number of likely N-dealkylation sites (tertiary alicyclic amines) is 1. The van der Waals surface area contributed by atoms with E-state index >= 15 is 0 Å². The van der Waals surface area contributed by atoms with Crippen molar-refractivity contribution in [1.82, 2.24) is 9.80 Å². The van der Waals surface area contributed by atoms with Crippen molar-refractivity contribution in [2.45, 2.75) is 83.6 Å². The van der Waals surface area contributed by atoms with Gasteiger partial charge in [0.05, 0.1) is 5.92 Å². The average molecular weight is 489 g/mol. The Morgan fingerprint density at radius 2 is 1.77 bits per heavy atom. The predicted octanol–water partition coefficient (Wildman–Crippen LogP) is 2.46. The summed E-state index contributed by atoms with van der Waals surface area (Å²) in [6, 6.07) is -0.916. The number of carbonyl (C=O) groups is 3. The topological polar surface area (TPSA) is 96.4 Å². The van der Waals surface area contributed by atoms with Gasteiger partial charge in [0.25, 0.3) is 0 Å². The van der Waals surface area contributed by atoms with Crippen LogP contribution in [0.1, 0.15) is 60.8 Å². The molecule has 0 radical (unpaired) electrons. The van der Waals surface area contributed by atoms with Crippen LogP contribution in [-0.4, -0.2) is 81.8 Å². The minimum atomic E-state index is -1.28. The molecule has 8 nitrogen and oxygen atoms in total. The number of aliphatic hydroxyl groups excluding tert-OH is 1. The number of hydrogen-bond acceptors (Lipinski definition) is 6. The van der Waals surface area contributed by atoms with Gasteiger partial charge < -0.3 is 24.4 Å². The number of hydrogen-bond donors (Lipinski definition) is 1. The molecule has 0 saturated carbocycles. The Morgan fingerprint density at radius 1 is 1.06 bits per heavy atom. The highest BCUT2D eigenvalue weighted by Crippen LogP contribution is 2.58. The lowest BCUT2D eigenvalue weighted by Crippen LogP contribution is -2.60. The molecule has 5 atom stereocenters. The van der Waals surface area contributed by atoms with Crippen molar-refractivity contribution in [3.05, 3.63) is 24.3 Å². The van der Waals surface area contributed by atoms with Crippen molar-refractivity contribution in [3.63, 3.8) is 0 Å². The van der Waals surface area contributed by atoms with E-state index in [-0.39, 0.29) is 37.0 Å². The third-order valence-electron chi connectivity index (χ3n) is 7.95. The van der Waals surface area contributed by atoms with E-state index < -0.39 is 40.6 Å². The van der Waals surface area contributed by atoms with Gasteiger partial charge in [0.2, 0.25) is 11.8 Å². The molecule has 0 bridgehead atoms. The molecule has 0 aromatic heterocycles. The Labute approximate surface area is 208 Å². The van der Waals surface area contributed by atoms with Gasteiger partial charge in [-0.3, -0.25) is 14.4 Å².